The quantitative estimate of drug-likeness (QED) is 0.779. The summed E-state index contributed by atoms with van der Waals surface area (Å²) in [5.74, 6) is 0.177. The number of nitrogens with zero attached hydrogens (tertiary/aromatic N) is 3. The molecule has 7 heteroatoms. The number of nitrogens with two attached hydrogens (primary N) is 1. The van der Waals surface area contributed by atoms with Gasteiger partial charge in [0.2, 0.25) is 0 Å². The second-order valence-corrected chi connectivity index (χ2v) is 6.82. The van der Waals surface area contributed by atoms with Crippen LogP contribution in [-0.4, -0.2) is 14.1 Å². The molecule has 0 aliphatic rings. The van der Waals surface area contributed by atoms with Gasteiger partial charge in [0.25, 0.3) is 5.56 Å². The van der Waals surface area contributed by atoms with E-state index >= 15 is 0 Å². The molecular formula is C18H20N4O2S. The number of benzene rings is 1. The molecule has 0 aliphatic carbocycles. The number of hydrogen-bond acceptors (Lipinski definition) is 5. The van der Waals surface area contributed by atoms with E-state index in [-0.39, 0.29) is 11.4 Å². The van der Waals surface area contributed by atoms with Gasteiger partial charge in [0, 0.05) is 24.5 Å². The molecule has 1 aromatic carbocycles. The first-order valence-electron chi connectivity index (χ1n) is 8.06. The fourth-order valence-corrected chi connectivity index (χ4v) is 3.57. The number of rotatable bonds is 4. The van der Waals surface area contributed by atoms with E-state index in [1.807, 2.05) is 43.5 Å². The first-order valence-corrected chi connectivity index (χ1v) is 8.94. The van der Waals surface area contributed by atoms with Gasteiger partial charge in [0.15, 0.2) is 0 Å². The third kappa shape index (κ3) is 3.02. The summed E-state index contributed by atoms with van der Waals surface area (Å²) in [5, 5.41) is 2.62. The van der Waals surface area contributed by atoms with Crippen molar-refractivity contribution in [3.05, 3.63) is 56.0 Å². The smallest absolute Gasteiger partial charge is 0.332 e. The number of anilines is 1. The van der Waals surface area contributed by atoms with Crippen LogP contribution in [0.15, 0.2) is 39.2 Å². The average Bonchev–Trinajstić information content (AvgIpc) is 3.07. The van der Waals surface area contributed by atoms with Gasteiger partial charge in [-0.25, -0.2) is 9.78 Å². The van der Waals surface area contributed by atoms with Gasteiger partial charge in [0.05, 0.1) is 5.69 Å². The minimum atomic E-state index is -0.420. The second-order valence-electron chi connectivity index (χ2n) is 5.97. The highest BCUT2D eigenvalue weighted by Gasteiger charge is 2.19. The van der Waals surface area contributed by atoms with Crippen LogP contribution >= 0.6 is 11.3 Å². The summed E-state index contributed by atoms with van der Waals surface area (Å²) in [6.07, 6.45) is 0.743. The summed E-state index contributed by atoms with van der Waals surface area (Å²) in [7, 11) is 1.47. The Morgan fingerprint density at radius 2 is 2.04 bits per heavy atom. The number of nitrogen functional groups attached to an aromatic ring is 1. The Kier molecular flexibility index (Phi) is 4.59. The Morgan fingerprint density at radius 3 is 2.72 bits per heavy atom. The first-order chi connectivity index (χ1) is 11.9. The van der Waals surface area contributed by atoms with Crippen LogP contribution in [0.2, 0.25) is 0 Å². The van der Waals surface area contributed by atoms with Crippen molar-refractivity contribution >= 4 is 17.2 Å². The Hall–Kier alpha value is -2.67. The molecule has 0 spiro atoms. The van der Waals surface area contributed by atoms with Gasteiger partial charge in [-0.2, -0.15) is 0 Å². The van der Waals surface area contributed by atoms with Gasteiger partial charge in [-0.1, -0.05) is 30.7 Å². The molecule has 3 rings (SSSR count). The van der Waals surface area contributed by atoms with Crippen LogP contribution in [0.1, 0.15) is 18.9 Å². The fourth-order valence-electron chi connectivity index (χ4n) is 2.76. The van der Waals surface area contributed by atoms with E-state index in [0.717, 1.165) is 27.1 Å². The highest BCUT2D eigenvalue weighted by atomic mass is 32.1. The van der Waals surface area contributed by atoms with Crippen LogP contribution in [0.5, 0.6) is 0 Å². The topological polar surface area (TPSA) is 82.9 Å². The van der Waals surface area contributed by atoms with Crippen molar-refractivity contribution in [2.24, 2.45) is 7.05 Å². The van der Waals surface area contributed by atoms with E-state index in [2.05, 4.69) is 4.98 Å². The number of thiazole rings is 1. The lowest BCUT2D eigenvalue weighted by Gasteiger charge is -2.13. The number of hydrogen-bond donors (Lipinski definition) is 1. The van der Waals surface area contributed by atoms with Crippen LogP contribution in [0, 0.1) is 6.92 Å². The fraction of sp³-hybridized carbons (Fsp3) is 0.278. The van der Waals surface area contributed by atoms with Gasteiger partial charge in [-0.15, -0.1) is 11.3 Å². The van der Waals surface area contributed by atoms with Crippen LogP contribution < -0.4 is 17.0 Å². The zero-order valence-corrected chi connectivity index (χ0v) is 15.3. The molecule has 0 fully saturated rings. The van der Waals surface area contributed by atoms with Crippen molar-refractivity contribution in [2.45, 2.75) is 26.8 Å². The van der Waals surface area contributed by atoms with E-state index in [1.54, 1.807) is 0 Å². The van der Waals surface area contributed by atoms with E-state index in [0.29, 0.717) is 12.2 Å². The van der Waals surface area contributed by atoms with E-state index in [9.17, 15) is 9.59 Å². The third-order valence-corrected chi connectivity index (χ3v) is 4.95. The van der Waals surface area contributed by atoms with Gasteiger partial charge < -0.3 is 5.73 Å². The van der Waals surface area contributed by atoms with E-state index < -0.39 is 11.2 Å². The monoisotopic (exact) mass is 356 g/mol. The van der Waals surface area contributed by atoms with Gasteiger partial charge in [0.1, 0.15) is 16.4 Å². The van der Waals surface area contributed by atoms with Crippen molar-refractivity contribution in [1.29, 1.82) is 0 Å². The van der Waals surface area contributed by atoms with E-state index in [4.69, 9.17) is 5.73 Å². The van der Waals surface area contributed by atoms with E-state index in [1.165, 1.54) is 23.0 Å². The highest BCUT2D eigenvalue weighted by molar-refractivity contribution is 7.13. The highest BCUT2D eigenvalue weighted by Crippen LogP contribution is 2.29. The van der Waals surface area contributed by atoms with Crippen molar-refractivity contribution in [1.82, 2.24) is 14.1 Å². The predicted molar refractivity (Wildman–Crippen MR) is 102 cm³/mol. The molecule has 2 N–H and O–H groups in total. The molecule has 0 unspecified atom stereocenters. The normalized spacial score (nSPS) is 11.0. The maximum Gasteiger partial charge on any atom is 0.332 e. The minimum absolute atomic E-state index is 0.177. The maximum absolute atomic E-state index is 12.6. The van der Waals surface area contributed by atoms with Crippen LogP contribution in [0.25, 0.3) is 21.8 Å². The number of aromatic nitrogens is 3. The minimum Gasteiger partial charge on any atom is -0.384 e. The Bertz CT molecular complexity index is 1050. The van der Waals surface area contributed by atoms with Gasteiger partial charge in [-0.05, 0) is 19.4 Å². The SMILES string of the molecule is CCCn1c(N)c(-c2csc(-c3cccc(C)c3)n2)c(=O)n(C)c1=O. The molecule has 25 heavy (non-hydrogen) atoms. The van der Waals surface area contributed by atoms with Crippen LogP contribution in [0.4, 0.5) is 5.82 Å². The number of aryl methyl sites for hydroxylation is 1. The standard InChI is InChI=1S/C18H20N4O2S/c1-4-8-22-15(19)14(17(23)21(3)18(22)24)13-10-25-16(20-13)12-7-5-6-11(2)9-12/h5-7,9-10H,4,8,19H2,1-3H3. The van der Waals surface area contributed by atoms with Crippen molar-refractivity contribution < 1.29 is 0 Å². The lowest BCUT2D eigenvalue weighted by molar-refractivity contribution is 0.600. The molecule has 6 nitrogen and oxygen atoms in total. The van der Waals surface area contributed by atoms with Crippen molar-refractivity contribution in [2.75, 3.05) is 5.73 Å². The van der Waals surface area contributed by atoms with Gasteiger partial charge >= 0.3 is 5.69 Å². The molecule has 3 aromatic rings. The summed E-state index contributed by atoms with van der Waals surface area (Å²) in [5.41, 5.74) is 8.26. The predicted octanol–water partition coefficient (Wildman–Crippen LogP) is 2.64. The summed E-state index contributed by atoms with van der Waals surface area (Å²) >= 11 is 1.45. The zero-order valence-electron chi connectivity index (χ0n) is 14.4. The lowest BCUT2D eigenvalue weighted by atomic mass is 10.1. The third-order valence-electron chi connectivity index (χ3n) is 4.06. The summed E-state index contributed by atoms with van der Waals surface area (Å²) in [6, 6.07) is 8.02. The molecule has 0 aliphatic heterocycles. The lowest BCUT2D eigenvalue weighted by Crippen LogP contribution is -2.40. The van der Waals surface area contributed by atoms with Crippen molar-refractivity contribution in [3.63, 3.8) is 0 Å². The first kappa shape index (κ1) is 17.2. The van der Waals surface area contributed by atoms with Crippen LogP contribution in [0.3, 0.4) is 0 Å². The molecule has 0 radical (unpaired) electrons. The molecule has 2 aromatic heterocycles. The van der Waals surface area contributed by atoms with Gasteiger partial charge in [-0.3, -0.25) is 13.9 Å². The molecule has 2 heterocycles. The summed E-state index contributed by atoms with van der Waals surface area (Å²) in [4.78, 5) is 29.5. The summed E-state index contributed by atoms with van der Waals surface area (Å²) in [6.45, 7) is 4.43. The molecule has 130 valence electrons. The van der Waals surface area contributed by atoms with Crippen molar-refractivity contribution in [3.8, 4) is 21.8 Å². The molecule has 0 saturated heterocycles. The Labute approximate surface area is 149 Å². The Morgan fingerprint density at radius 1 is 1.28 bits per heavy atom. The second kappa shape index (κ2) is 6.68. The van der Waals surface area contributed by atoms with Crippen LogP contribution in [-0.2, 0) is 13.6 Å². The largest absolute Gasteiger partial charge is 0.384 e. The molecule has 0 bridgehead atoms. The Balaban J connectivity index is 2.18. The zero-order chi connectivity index (χ0) is 18.1. The molecule has 0 amide bonds. The molecule has 0 saturated carbocycles. The maximum atomic E-state index is 12.6. The average molecular weight is 356 g/mol. The summed E-state index contributed by atoms with van der Waals surface area (Å²) < 4.78 is 2.52. The molecule has 0 atom stereocenters. The molecular weight excluding hydrogens is 336 g/mol.